The van der Waals surface area contributed by atoms with Gasteiger partial charge in [-0.25, -0.2) is 0 Å². The highest BCUT2D eigenvalue weighted by Crippen LogP contribution is 2.31. The second kappa shape index (κ2) is 4.28. The molecule has 1 aromatic carbocycles. The summed E-state index contributed by atoms with van der Waals surface area (Å²) in [5.74, 6) is 0.321. The van der Waals surface area contributed by atoms with Gasteiger partial charge in [0.1, 0.15) is 5.75 Å². The van der Waals surface area contributed by atoms with E-state index in [1.54, 1.807) is 6.08 Å². The molecule has 1 nitrogen and oxygen atoms in total. The first kappa shape index (κ1) is 10.1. The molecule has 0 aliphatic carbocycles. The molecule has 0 aromatic heterocycles. The van der Waals surface area contributed by atoms with Crippen molar-refractivity contribution in [1.82, 2.24) is 0 Å². The lowest BCUT2D eigenvalue weighted by molar-refractivity contribution is 0.465. The summed E-state index contributed by atoms with van der Waals surface area (Å²) < 4.78 is 1.80. The van der Waals surface area contributed by atoms with Crippen LogP contribution < -0.4 is 0 Å². The highest BCUT2D eigenvalue weighted by Gasteiger charge is 2.07. The molecule has 0 fully saturated rings. The first-order valence-electron chi connectivity index (χ1n) is 3.43. The van der Waals surface area contributed by atoms with Gasteiger partial charge in [0.2, 0.25) is 0 Å². The van der Waals surface area contributed by atoms with Crippen molar-refractivity contribution >= 4 is 38.5 Å². The number of aromatic hydroxyl groups is 1. The standard InChI is InChI=1S/C9H8BrIO/c1-2-3-6-8(11)5-4-7(10)9(6)12/h2,4-5,12H,1,3H2. The number of hydrogen-bond donors (Lipinski definition) is 1. The minimum absolute atomic E-state index is 0.321. The molecule has 1 N–H and O–H groups in total. The van der Waals surface area contributed by atoms with Crippen molar-refractivity contribution in [3.8, 4) is 5.75 Å². The van der Waals surface area contributed by atoms with E-state index in [-0.39, 0.29) is 0 Å². The molecule has 64 valence electrons. The molecule has 0 saturated carbocycles. The predicted molar refractivity (Wildman–Crippen MR) is 62.4 cm³/mol. The molecule has 0 aliphatic rings. The molecule has 0 unspecified atom stereocenters. The number of allylic oxidation sites excluding steroid dienone is 1. The van der Waals surface area contributed by atoms with Gasteiger partial charge in [-0.05, 0) is 57.1 Å². The third-order valence-electron chi connectivity index (χ3n) is 1.52. The van der Waals surface area contributed by atoms with Crippen molar-refractivity contribution in [3.05, 3.63) is 38.4 Å². The van der Waals surface area contributed by atoms with Crippen LogP contribution in [0.2, 0.25) is 0 Å². The van der Waals surface area contributed by atoms with E-state index in [0.29, 0.717) is 12.2 Å². The van der Waals surface area contributed by atoms with Crippen LogP contribution in [0.25, 0.3) is 0 Å². The Bertz CT molecular complexity index is 310. The van der Waals surface area contributed by atoms with Crippen molar-refractivity contribution in [2.45, 2.75) is 6.42 Å². The third-order valence-corrected chi connectivity index (χ3v) is 3.18. The van der Waals surface area contributed by atoms with E-state index >= 15 is 0 Å². The zero-order valence-corrected chi connectivity index (χ0v) is 10.1. The van der Waals surface area contributed by atoms with Crippen LogP contribution in [0.4, 0.5) is 0 Å². The second-order valence-corrected chi connectivity index (χ2v) is 4.37. The van der Waals surface area contributed by atoms with E-state index in [1.165, 1.54) is 0 Å². The normalized spacial score (nSPS) is 9.83. The minimum Gasteiger partial charge on any atom is -0.506 e. The zero-order chi connectivity index (χ0) is 9.14. The van der Waals surface area contributed by atoms with Crippen molar-refractivity contribution in [3.63, 3.8) is 0 Å². The molecule has 12 heavy (non-hydrogen) atoms. The fourth-order valence-electron chi connectivity index (χ4n) is 0.922. The Balaban J connectivity index is 3.22. The first-order valence-corrected chi connectivity index (χ1v) is 5.30. The highest BCUT2D eigenvalue weighted by atomic mass is 127. The van der Waals surface area contributed by atoms with E-state index in [0.717, 1.165) is 13.6 Å². The summed E-state index contributed by atoms with van der Waals surface area (Å²) in [7, 11) is 0. The van der Waals surface area contributed by atoms with E-state index in [2.05, 4.69) is 45.1 Å². The number of rotatable bonds is 2. The predicted octanol–water partition coefficient (Wildman–Crippen LogP) is 3.49. The monoisotopic (exact) mass is 338 g/mol. The summed E-state index contributed by atoms with van der Waals surface area (Å²) in [4.78, 5) is 0. The Hall–Kier alpha value is -0.0300. The Morgan fingerprint density at radius 1 is 1.58 bits per heavy atom. The molecule has 0 bridgehead atoms. The van der Waals surface area contributed by atoms with Gasteiger partial charge in [0.05, 0.1) is 4.47 Å². The van der Waals surface area contributed by atoms with E-state index in [1.807, 2.05) is 12.1 Å². The zero-order valence-electron chi connectivity index (χ0n) is 6.35. The minimum atomic E-state index is 0.321. The number of halogens is 2. The van der Waals surface area contributed by atoms with Crippen molar-refractivity contribution in [1.29, 1.82) is 0 Å². The summed E-state index contributed by atoms with van der Waals surface area (Å²) in [5, 5.41) is 9.61. The molecule has 1 rings (SSSR count). The van der Waals surface area contributed by atoms with Crippen LogP contribution >= 0.6 is 38.5 Å². The molecule has 0 amide bonds. The summed E-state index contributed by atoms with van der Waals surface area (Å²) >= 11 is 5.46. The summed E-state index contributed by atoms with van der Waals surface area (Å²) in [6, 6.07) is 3.80. The molecule has 3 heteroatoms. The first-order chi connectivity index (χ1) is 5.66. The van der Waals surface area contributed by atoms with Crippen LogP contribution in [0.5, 0.6) is 5.75 Å². The van der Waals surface area contributed by atoms with Crippen LogP contribution in [0.15, 0.2) is 29.3 Å². The maximum atomic E-state index is 9.61. The Morgan fingerprint density at radius 3 is 2.83 bits per heavy atom. The number of phenolic OH excluding ortho intramolecular Hbond substituents is 1. The van der Waals surface area contributed by atoms with Crippen molar-refractivity contribution in [2.24, 2.45) is 0 Å². The summed E-state index contributed by atoms with van der Waals surface area (Å²) in [6.07, 6.45) is 2.48. The largest absolute Gasteiger partial charge is 0.506 e. The van der Waals surface area contributed by atoms with Crippen LogP contribution in [-0.2, 0) is 6.42 Å². The molecular weight excluding hydrogens is 331 g/mol. The summed E-state index contributed by atoms with van der Waals surface area (Å²) in [5.41, 5.74) is 0.931. The Kier molecular flexibility index (Phi) is 3.58. The maximum Gasteiger partial charge on any atom is 0.134 e. The van der Waals surface area contributed by atoms with Gasteiger partial charge in [0.25, 0.3) is 0 Å². The second-order valence-electron chi connectivity index (χ2n) is 2.35. The van der Waals surface area contributed by atoms with Gasteiger partial charge >= 0.3 is 0 Å². The molecular formula is C9H8BrIO. The Morgan fingerprint density at radius 2 is 2.25 bits per heavy atom. The highest BCUT2D eigenvalue weighted by molar-refractivity contribution is 14.1. The van der Waals surface area contributed by atoms with E-state index in [9.17, 15) is 5.11 Å². The molecule has 0 heterocycles. The van der Waals surface area contributed by atoms with Crippen LogP contribution in [0.3, 0.4) is 0 Å². The molecule has 0 spiro atoms. The van der Waals surface area contributed by atoms with Crippen LogP contribution in [0, 0.1) is 3.57 Å². The van der Waals surface area contributed by atoms with Crippen LogP contribution in [-0.4, -0.2) is 5.11 Å². The van der Waals surface area contributed by atoms with Gasteiger partial charge in [-0.3, -0.25) is 0 Å². The van der Waals surface area contributed by atoms with Crippen molar-refractivity contribution < 1.29 is 5.11 Å². The van der Waals surface area contributed by atoms with Gasteiger partial charge in [-0.15, -0.1) is 6.58 Å². The SMILES string of the molecule is C=CCc1c(I)ccc(Br)c1O. The van der Waals surface area contributed by atoms with Gasteiger partial charge in [-0.1, -0.05) is 6.08 Å². The van der Waals surface area contributed by atoms with E-state index in [4.69, 9.17) is 0 Å². The van der Waals surface area contributed by atoms with Gasteiger partial charge in [-0.2, -0.15) is 0 Å². The van der Waals surface area contributed by atoms with Gasteiger partial charge in [0.15, 0.2) is 0 Å². The molecule has 0 atom stereocenters. The molecule has 0 aliphatic heterocycles. The van der Waals surface area contributed by atoms with Gasteiger partial charge in [0, 0.05) is 9.13 Å². The lowest BCUT2D eigenvalue weighted by atomic mass is 10.1. The smallest absolute Gasteiger partial charge is 0.134 e. The number of hydrogen-bond acceptors (Lipinski definition) is 1. The fourth-order valence-corrected chi connectivity index (χ4v) is 1.95. The number of phenols is 1. The van der Waals surface area contributed by atoms with E-state index < -0.39 is 0 Å². The number of benzene rings is 1. The maximum absolute atomic E-state index is 9.61. The Labute approximate surface area is 93.8 Å². The van der Waals surface area contributed by atoms with Crippen molar-refractivity contribution in [2.75, 3.05) is 0 Å². The molecule has 1 aromatic rings. The van der Waals surface area contributed by atoms with Crippen LogP contribution in [0.1, 0.15) is 5.56 Å². The lowest BCUT2D eigenvalue weighted by Gasteiger charge is -2.05. The topological polar surface area (TPSA) is 20.2 Å². The summed E-state index contributed by atoms with van der Waals surface area (Å²) in [6.45, 7) is 3.64. The average Bonchev–Trinajstić information content (AvgIpc) is 2.06. The lowest BCUT2D eigenvalue weighted by Crippen LogP contribution is -1.88. The molecule has 0 radical (unpaired) electrons. The average molecular weight is 339 g/mol. The quantitative estimate of drug-likeness (QED) is 0.646. The third kappa shape index (κ3) is 2.01. The van der Waals surface area contributed by atoms with Gasteiger partial charge < -0.3 is 5.11 Å². The fraction of sp³-hybridized carbons (Fsp3) is 0.111. The molecule has 0 saturated heterocycles.